The minimum absolute atomic E-state index is 0.191. The van der Waals surface area contributed by atoms with Crippen molar-refractivity contribution in [2.45, 2.75) is 25.0 Å². The van der Waals surface area contributed by atoms with Crippen molar-refractivity contribution >= 4 is 11.3 Å². The lowest BCUT2D eigenvalue weighted by atomic mass is 9.95. The first kappa shape index (κ1) is 15.6. The van der Waals surface area contributed by atoms with Gasteiger partial charge in [-0.15, -0.1) is 0 Å². The van der Waals surface area contributed by atoms with Crippen molar-refractivity contribution in [2.24, 2.45) is 5.84 Å². The zero-order valence-corrected chi connectivity index (χ0v) is 10.3. The topological polar surface area (TPSA) is 49.5 Å². The van der Waals surface area contributed by atoms with Crippen LogP contribution < -0.4 is 10.9 Å². The Morgan fingerprint density at radius 2 is 1.76 bits per heavy atom. The van der Waals surface area contributed by atoms with Crippen LogP contribution in [0.4, 0.5) is 32.0 Å². The molecule has 0 saturated heterocycles. The van der Waals surface area contributed by atoms with Crippen LogP contribution in [0.2, 0.25) is 0 Å². The predicted octanol–water partition coefficient (Wildman–Crippen LogP) is 2.75. The molecule has 1 aromatic carbocycles. The van der Waals surface area contributed by atoms with Crippen molar-refractivity contribution in [2.75, 3.05) is 5.01 Å². The molecule has 1 aromatic rings. The van der Waals surface area contributed by atoms with Gasteiger partial charge in [-0.1, -0.05) is 6.07 Å². The number of hydrazine groups is 1. The number of benzene rings is 1. The zero-order chi connectivity index (χ0) is 16.0. The molecule has 0 aliphatic carbocycles. The Morgan fingerprint density at radius 1 is 1.14 bits per heavy atom. The summed E-state index contributed by atoms with van der Waals surface area (Å²) >= 11 is 0. The Labute approximate surface area is 115 Å². The number of alkyl halides is 6. The number of anilines is 1. The number of nitrogens with two attached hydrogens (primary N) is 1. The van der Waals surface area contributed by atoms with Crippen LogP contribution in [0, 0.1) is 0 Å². The van der Waals surface area contributed by atoms with Gasteiger partial charge in [-0.25, -0.2) is 5.84 Å². The molecule has 3 nitrogen and oxygen atoms in total. The van der Waals surface area contributed by atoms with E-state index in [2.05, 4.69) is 0 Å². The predicted molar refractivity (Wildman–Crippen MR) is 62.9 cm³/mol. The fourth-order valence-corrected chi connectivity index (χ4v) is 2.07. The van der Waals surface area contributed by atoms with Crippen LogP contribution in [0.3, 0.4) is 0 Å². The van der Waals surface area contributed by atoms with E-state index in [1.165, 1.54) is 0 Å². The van der Waals surface area contributed by atoms with E-state index in [4.69, 9.17) is 5.84 Å². The summed E-state index contributed by atoms with van der Waals surface area (Å²) in [5.74, 6) is 5.42. The van der Waals surface area contributed by atoms with Crippen molar-refractivity contribution in [3.8, 4) is 0 Å². The maximum atomic E-state index is 12.9. The van der Waals surface area contributed by atoms with Crippen LogP contribution >= 0.6 is 0 Å². The molecule has 2 rings (SSSR count). The van der Waals surface area contributed by atoms with Crippen molar-refractivity contribution in [3.05, 3.63) is 35.4 Å². The Hall–Kier alpha value is -1.74. The van der Waals surface area contributed by atoms with Crippen molar-refractivity contribution < 1.29 is 31.4 Å². The molecule has 0 aromatic heterocycles. The summed E-state index contributed by atoms with van der Waals surface area (Å²) in [6.07, 6.45) is -11.9. The highest BCUT2D eigenvalue weighted by Gasteiger charge is 2.40. The fraction of sp³-hybridized carbons (Fsp3) is 0.333. The molecule has 9 heteroatoms. The molecule has 3 N–H and O–H groups in total. The van der Waals surface area contributed by atoms with E-state index < -0.39 is 36.1 Å². The fourth-order valence-electron chi connectivity index (χ4n) is 2.07. The van der Waals surface area contributed by atoms with Gasteiger partial charge in [0.05, 0.1) is 17.7 Å². The van der Waals surface area contributed by atoms with E-state index >= 15 is 0 Å². The SMILES string of the molecule is NN1c2ccc(CC(F)(F)F)cc2C(C(F)(F)F)=CC1O. The summed E-state index contributed by atoms with van der Waals surface area (Å²) in [4.78, 5) is 0. The summed E-state index contributed by atoms with van der Waals surface area (Å²) in [5, 5.41) is 10.1. The van der Waals surface area contributed by atoms with Gasteiger partial charge in [-0.3, -0.25) is 5.01 Å². The van der Waals surface area contributed by atoms with Gasteiger partial charge in [0.1, 0.15) is 0 Å². The number of allylic oxidation sites excluding steroid dienone is 1. The number of fused-ring (bicyclic) bond motifs is 1. The molecule has 0 spiro atoms. The van der Waals surface area contributed by atoms with Crippen LogP contribution in [0.5, 0.6) is 0 Å². The molecule has 0 saturated carbocycles. The largest absolute Gasteiger partial charge is 0.416 e. The summed E-state index contributed by atoms with van der Waals surface area (Å²) in [6.45, 7) is 0. The first-order valence-electron chi connectivity index (χ1n) is 5.70. The highest BCUT2D eigenvalue weighted by Crippen LogP contribution is 2.42. The molecule has 0 bridgehead atoms. The molecule has 1 unspecified atom stereocenters. The maximum absolute atomic E-state index is 12.9. The second kappa shape index (κ2) is 4.92. The minimum atomic E-state index is -4.81. The van der Waals surface area contributed by atoms with Crippen molar-refractivity contribution in [1.29, 1.82) is 0 Å². The van der Waals surface area contributed by atoms with Gasteiger partial charge in [0.15, 0.2) is 6.23 Å². The molecule has 0 amide bonds. The molecule has 21 heavy (non-hydrogen) atoms. The normalized spacial score (nSPS) is 19.3. The number of halogens is 6. The summed E-state index contributed by atoms with van der Waals surface area (Å²) < 4.78 is 75.8. The van der Waals surface area contributed by atoms with E-state index in [9.17, 15) is 31.4 Å². The molecule has 1 heterocycles. The first-order chi connectivity index (χ1) is 9.49. The lowest BCUT2D eigenvalue weighted by Gasteiger charge is -2.32. The maximum Gasteiger partial charge on any atom is 0.416 e. The number of rotatable bonds is 1. The van der Waals surface area contributed by atoms with Crippen molar-refractivity contribution in [3.63, 3.8) is 0 Å². The van der Waals surface area contributed by atoms with E-state index in [1.54, 1.807) is 0 Å². The Bertz CT molecular complexity index is 578. The Kier molecular flexibility index (Phi) is 3.66. The number of nitrogens with zero attached hydrogens (tertiary/aromatic N) is 1. The zero-order valence-electron chi connectivity index (χ0n) is 10.3. The van der Waals surface area contributed by atoms with E-state index in [0.29, 0.717) is 11.1 Å². The molecule has 0 fully saturated rings. The second-order valence-electron chi connectivity index (χ2n) is 4.54. The minimum Gasteiger partial charge on any atom is -0.369 e. The van der Waals surface area contributed by atoms with Crippen molar-refractivity contribution in [1.82, 2.24) is 0 Å². The number of aliphatic hydroxyl groups is 1. The van der Waals surface area contributed by atoms with Gasteiger partial charge >= 0.3 is 12.4 Å². The smallest absolute Gasteiger partial charge is 0.369 e. The van der Waals surface area contributed by atoms with Gasteiger partial charge in [0, 0.05) is 5.56 Å². The number of aliphatic hydroxyl groups excluding tert-OH is 1. The third kappa shape index (κ3) is 3.30. The Morgan fingerprint density at radius 3 is 2.29 bits per heavy atom. The van der Waals surface area contributed by atoms with Gasteiger partial charge in [0.2, 0.25) is 0 Å². The molecular formula is C12H10F6N2O. The van der Waals surface area contributed by atoms with Crippen LogP contribution in [0.25, 0.3) is 5.57 Å². The lowest BCUT2D eigenvalue weighted by molar-refractivity contribution is -0.127. The molecule has 1 aliphatic heterocycles. The van der Waals surface area contributed by atoms with Gasteiger partial charge in [0.25, 0.3) is 0 Å². The average molecular weight is 312 g/mol. The van der Waals surface area contributed by atoms with Gasteiger partial charge in [-0.2, -0.15) is 26.3 Å². The van der Waals surface area contributed by atoms with E-state index in [0.717, 1.165) is 18.2 Å². The third-order valence-electron chi connectivity index (χ3n) is 2.94. The summed E-state index contributed by atoms with van der Waals surface area (Å²) in [5.41, 5.74) is -2.21. The van der Waals surface area contributed by atoms with Crippen LogP contribution in [0.1, 0.15) is 11.1 Å². The van der Waals surface area contributed by atoms with Crippen LogP contribution in [-0.4, -0.2) is 23.7 Å². The standard InChI is InChI=1S/C12H10F6N2O/c13-11(14,15)5-6-1-2-9-7(3-6)8(12(16,17)18)4-10(21)20(9)19/h1-4,10,21H,5,19H2. The van der Waals surface area contributed by atoms with Crippen LogP contribution in [-0.2, 0) is 6.42 Å². The highest BCUT2D eigenvalue weighted by atomic mass is 19.4. The molecule has 0 radical (unpaired) electrons. The number of hydrogen-bond donors (Lipinski definition) is 2. The first-order valence-corrected chi connectivity index (χ1v) is 5.70. The molecule has 1 atom stereocenters. The summed E-state index contributed by atoms with van der Waals surface area (Å²) in [7, 11) is 0. The van der Waals surface area contributed by atoms with E-state index in [1.807, 2.05) is 0 Å². The molecule has 116 valence electrons. The third-order valence-corrected chi connectivity index (χ3v) is 2.94. The highest BCUT2D eigenvalue weighted by molar-refractivity contribution is 5.83. The number of hydrogen-bond acceptors (Lipinski definition) is 3. The van der Waals surface area contributed by atoms with Gasteiger partial charge in [-0.05, 0) is 23.8 Å². The molecule has 1 aliphatic rings. The monoisotopic (exact) mass is 312 g/mol. The molecular weight excluding hydrogens is 302 g/mol. The van der Waals surface area contributed by atoms with Crippen LogP contribution in [0.15, 0.2) is 24.3 Å². The van der Waals surface area contributed by atoms with E-state index in [-0.39, 0.29) is 11.3 Å². The lowest BCUT2D eigenvalue weighted by Crippen LogP contribution is -2.43. The Balaban J connectivity index is 2.52. The average Bonchev–Trinajstić information content (AvgIpc) is 2.30. The quantitative estimate of drug-likeness (QED) is 0.619. The van der Waals surface area contributed by atoms with Gasteiger partial charge < -0.3 is 5.11 Å². The summed E-state index contributed by atoms with van der Waals surface area (Å²) in [6, 6.07) is 2.84. The second-order valence-corrected chi connectivity index (χ2v) is 4.54.